The van der Waals surface area contributed by atoms with E-state index in [1.165, 1.54) is 0 Å². The SMILES string of the molecule is Cc1nc(N)nc2c1nc(N)n2[C@H]1C[C@H](N=[N+]=[N-])[C@@H](CO)O1. The van der Waals surface area contributed by atoms with Gasteiger partial charge >= 0.3 is 0 Å². The number of nitrogen functional groups attached to an aromatic ring is 2. The number of nitrogens with zero attached hydrogens (tertiary/aromatic N) is 7. The molecule has 1 aliphatic heterocycles. The van der Waals surface area contributed by atoms with Crippen molar-refractivity contribution < 1.29 is 9.84 Å². The first-order chi connectivity index (χ1) is 10.5. The lowest BCUT2D eigenvalue weighted by atomic mass is 10.1. The van der Waals surface area contributed by atoms with Gasteiger partial charge in [-0.15, -0.1) is 0 Å². The molecule has 0 aliphatic carbocycles. The fraction of sp³-hybridized carbons (Fsp3) is 0.545. The van der Waals surface area contributed by atoms with Gasteiger partial charge in [0.25, 0.3) is 0 Å². The van der Waals surface area contributed by atoms with Crippen LogP contribution in [0.25, 0.3) is 21.6 Å². The Labute approximate surface area is 124 Å². The number of nitrogens with two attached hydrogens (primary N) is 2. The number of hydrogen-bond donors (Lipinski definition) is 3. The van der Waals surface area contributed by atoms with E-state index in [1.54, 1.807) is 11.5 Å². The lowest BCUT2D eigenvalue weighted by Crippen LogP contribution is -2.23. The summed E-state index contributed by atoms with van der Waals surface area (Å²) in [6, 6.07) is -0.489. The first kappa shape index (κ1) is 14.3. The quantitative estimate of drug-likeness (QED) is 0.414. The number of anilines is 2. The van der Waals surface area contributed by atoms with Gasteiger partial charge in [-0.2, -0.15) is 4.98 Å². The van der Waals surface area contributed by atoms with Crippen molar-refractivity contribution in [2.45, 2.75) is 31.7 Å². The molecule has 0 aromatic carbocycles. The number of rotatable bonds is 3. The van der Waals surface area contributed by atoms with E-state index >= 15 is 0 Å². The van der Waals surface area contributed by atoms with Crippen LogP contribution in [-0.4, -0.2) is 43.4 Å². The van der Waals surface area contributed by atoms with Crippen molar-refractivity contribution in [3.8, 4) is 0 Å². The molecule has 0 amide bonds. The molecule has 22 heavy (non-hydrogen) atoms. The molecule has 0 spiro atoms. The van der Waals surface area contributed by atoms with Crippen LogP contribution in [0.15, 0.2) is 5.11 Å². The molecule has 11 nitrogen and oxygen atoms in total. The molecular formula is C11H15N9O2. The maximum Gasteiger partial charge on any atom is 0.222 e. The van der Waals surface area contributed by atoms with Gasteiger partial charge in [0.15, 0.2) is 5.65 Å². The van der Waals surface area contributed by atoms with Crippen LogP contribution < -0.4 is 11.5 Å². The summed E-state index contributed by atoms with van der Waals surface area (Å²) in [5.41, 5.74) is 21.8. The van der Waals surface area contributed by atoms with E-state index in [0.29, 0.717) is 23.3 Å². The second kappa shape index (κ2) is 5.30. The van der Waals surface area contributed by atoms with E-state index < -0.39 is 18.4 Å². The molecule has 0 bridgehead atoms. The van der Waals surface area contributed by atoms with Gasteiger partial charge in [-0.25, -0.2) is 9.97 Å². The van der Waals surface area contributed by atoms with Crippen LogP contribution in [-0.2, 0) is 4.74 Å². The number of aliphatic hydroxyl groups is 1. The summed E-state index contributed by atoms with van der Waals surface area (Å²) < 4.78 is 7.29. The van der Waals surface area contributed by atoms with Crippen LogP contribution in [0.5, 0.6) is 0 Å². The summed E-state index contributed by atoms with van der Waals surface area (Å²) in [7, 11) is 0. The second-order valence-corrected chi connectivity index (χ2v) is 5.00. The van der Waals surface area contributed by atoms with Gasteiger partial charge in [0, 0.05) is 11.3 Å². The Bertz CT molecular complexity index is 766. The lowest BCUT2D eigenvalue weighted by Gasteiger charge is -2.15. The predicted octanol–water partition coefficient (Wildman–Crippen LogP) is 0.258. The molecule has 1 fully saturated rings. The lowest BCUT2D eigenvalue weighted by molar-refractivity contribution is -0.0222. The molecule has 2 aromatic rings. The number of ether oxygens (including phenoxy) is 1. The van der Waals surface area contributed by atoms with Gasteiger partial charge in [0.1, 0.15) is 11.7 Å². The Morgan fingerprint density at radius 3 is 2.91 bits per heavy atom. The molecule has 1 aliphatic rings. The molecule has 1 saturated heterocycles. The smallest absolute Gasteiger partial charge is 0.222 e. The number of aryl methyl sites for hydroxylation is 1. The molecule has 3 atom stereocenters. The van der Waals surface area contributed by atoms with Crippen molar-refractivity contribution in [2.75, 3.05) is 18.1 Å². The van der Waals surface area contributed by atoms with E-state index in [0.717, 1.165) is 0 Å². The number of aromatic nitrogens is 4. The highest BCUT2D eigenvalue weighted by Crippen LogP contribution is 2.35. The summed E-state index contributed by atoms with van der Waals surface area (Å²) in [5.74, 6) is 0.302. The number of aliphatic hydroxyl groups excluding tert-OH is 1. The van der Waals surface area contributed by atoms with E-state index in [-0.39, 0.29) is 18.5 Å². The normalized spacial score (nSPS) is 24.5. The zero-order valence-electron chi connectivity index (χ0n) is 11.8. The van der Waals surface area contributed by atoms with Crippen molar-refractivity contribution in [1.29, 1.82) is 0 Å². The van der Waals surface area contributed by atoms with Gasteiger partial charge in [-0.3, -0.25) is 4.57 Å². The Morgan fingerprint density at radius 1 is 1.45 bits per heavy atom. The fourth-order valence-corrected chi connectivity index (χ4v) is 2.66. The summed E-state index contributed by atoms with van der Waals surface area (Å²) >= 11 is 0. The molecule has 3 heterocycles. The van der Waals surface area contributed by atoms with Crippen LogP contribution in [0.2, 0.25) is 0 Å². The highest BCUT2D eigenvalue weighted by Gasteiger charge is 2.37. The molecular weight excluding hydrogens is 290 g/mol. The first-order valence-corrected chi connectivity index (χ1v) is 6.63. The number of fused-ring (bicyclic) bond motifs is 1. The Kier molecular flexibility index (Phi) is 3.45. The van der Waals surface area contributed by atoms with Crippen molar-refractivity contribution in [3.63, 3.8) is 0 Å². The monoisotopic (exact) mass is 305 g/mol. The fourth-order valence-electron chi connectivity index (χ4n) is 2.66. The van der Waals surface area contributed by atoms with Crippen LogP contribution in [0.3, 0.4) is 0 Å². The molecule has 2 aromatic heterocycles. The zero-order chi connectivity index (χ0) is 15.9. The van der Waals surface area contributed by atoms with Gasteiger partial charge in [0.2, 0.25) is 11.9 Å². The molecule has 0 radical (unpaired) electrons. The van der Waals surface area contributed by atoms with E-state index in [4.69, 9.17) is 21.7 Å². The van der Waals surface area contributed by atoms with Crippen LogP contribution in [0.4, 0.5) is 11.9 Å². The minimum absolute atomic E-state index is 0.106. The summed E-state index contributed by atoms with van der Waals surface area (Å²) in [5, 5.41) is 13.0. The molecule has 0 unspecified atom stereocenters. The van der Waals surface area contributed by atoms with Crippen molar-refractivity contribution >= 4 is 23.1 Å². The topological polar surface area (TPSA) is 174 Å². The zero-order valence-corrected chi connectivity index (χ0v) is 11.8. The molecule has 116 valence electrons. The van der Waals surface area contributed by atoms with E-state index in [2.05, 4.69) is 25.0 Å². The van der Waals surface area contributed by atoms with Gasteiger partial charge in [-0.05, 0) is 12.5 Å². The molecule has 11 heteroatoms. The van der Waals surface area contributed by atoms with Crippen molar-refractivity contribution in [2.24, 2.45) is 5.11 Å². The maximum absolute atomic E-state index is 9.34. The Hall–Kier alpha value is -2.62. The third-order valence-corrected chi connectivity index (χ3v) is 3.63. The standard InChI is InChI=1S/C11H15N9O2/c1-4-8-9(17-10(12)15-4)20(11(13)16-8)7-2-5(18-19-14)6(3-21)22-7/h5-7,21H,2-3H2,1H3,(H2,13,16)(H2,12,15,17)/t5-,6+,7+/m0/s1. The van der Waals surface area contributed by atoms with Gasteiger partial charge < -0.3 is 21.3 Å². The van der Waals surface area contributed by atoms with Crippen LogP contribution >= 0.6 is 0 Å². The van der Waals surface area contributed by atoms with E-state index in [1.807, 2.05) is 0 Å². The molecule has 3 rings (SSSR count). The molecule has 5 N–H and O–H groups in total. The Balaban J connectivity index is 2.07. The van der Waals surface area contributed by atoms with Crippen molar-refractivity contribution in [3.05, 3.63) is 16.1 Å². The summed E-state index contributed by atoms with van der Waals surface area (Å²) in [6.45, 7) is 1.49. The Morgan fingerprint density at radius 2 is 2.23 bits per heavy atom. The average molecular weight is 305 g/mol. The van der Waals surface area contributed by atoms with Crippen LogP contribution in [0, 0.1) is 6.92 Å². The van der Waals surface area contributed by atoms with E-state index in [9.17, 15) is 5.11 Å². The number of azide groups is 1. The summed E-state index contributed by atoms with van der Waals surface area (Å²) in [4.78, 5) is 15.2. The highest BCUT2D eigenvalue weighted by molar-refractivity contribution is 5.77. The minimum atomic E-state index is -0.599. The minimum Gasteiger partial charge on any atom is -0.394 e. The van der Waals surface area contributed by atoms with Crippen molar-refractivity contribution in [1.82, 2.24) is 19.5 Å². The second-order valence-electron chi connectivity index (χ2n) is 5.00. The third-order valence-electron chi connectivity index (χ3n) is 3.63. The first-order valence-electron chi connectivity index (χ1n) is 6.63. The maximum atomic E-state index is 9.34. The largest absolute Gasteiger partial charge is 0.394 e. The summed E-state index contributed by atoms with van der Waals surface area (Å²) in [6.07, 6.45) is -0.794. The van der Waals surface area contributed by atoms with Gasteiger partial charge in [0.05, 0.1) is 24.4 Å². The van der Waals surface area contributed by atoms with Gasteiger partial charge in [-0.1, -0.05) is 5.11 Å². The highest BCUT2D eigenvalue weighted by atomic mass is 16.5. The average Bonchev–Trinajstić information content (AvgIpc) is 3.00. The predicted molar refractivity (Wildman–Crippen MR) is 77.4 cm³/mol. The number of imidazole rings is 1. The third kappa shape index (κ3) is 2.17. The number of hydrogen-bond acceptors (Lipinski definition) is 8. The van der Waals surface area contributed by atoms with Crippen LogP contribution in [0.1, 0.15) is 18.3 Å². The molecule has 0 saturated carbocycles.